The van der Waals surface area contributed by atoms with E-state index in [1.54, 1.807) is 29.2 Å². The Morgan fingerprint density at radius 1 is 1.03 bits per heavy atom. The lowest BCUT2D eigenvalue weighted by molar-refractivity contribution is 0.0767. The minimum atomic E-state index is -3.73. The molecule has 0 saturated carbocycles. The molecular formula is C24H24N4O3S2. The summed E-state index contributed by atoms with van der Waals surface area (Å²) < 4.78 is 28.0. The van der Waals surface area contributed by atoms with Crippen molar-refractivity contribution >= 4 is 33.0 Å². The number of benzene rings is 2. The van der Waals surface area contributed by atoms with Gasteiger partial charge in [0.1, 0.15) is 0 Å². The highest BCUT2D eigenvalue weighted by Crippen LogP contribution is 2.19. The van der Waals surface area contributed by atoms with E-state index in [1.807, 2.05) is 29.6 Å². The molecule has 1 aliphatic rings. The monoisotopic (exact) mass is 480 g/mol. The predicted molar refractivity (Wildman–Crippen MR) is 129 cm³/mol. The minimum absolute atomic E-state index is 0.0823. The van der Waals surface area contributed by atoms with Crippen LogP contribution in [0.25, 0.3) is 0 Å². The Morgan fingerprint density at radius 3 is 2.58 bits per heavy atom. The van der Waals surface area contributed by atoms with E-state index in [1.165, 1.54) is 23.5 Å². The molecule has 1 fully saturated rings. The molecule has 0 atom stereocenters. The first kappa shape index (κ1) is 23.0. The van der Waals surface area contributed by atoms with Gasteiger partial charge in [0.15, 0.2) is 0 Å². The molecule has 0 bridgehead atoms. The second-order valence-electron chi connectivity index (χ2n) is 7.72. The average Bonchev–Trinajstić information content (AvgIpc) is 3.25. The number of anilines is 1. The van der Waals surface area contributed by atoms with Gasteiger partial charge >= 0.3 is 0 Å². The van der Waals surface area contributed by atoms with E-state index >= 15 is 0 Å². The fourth-order valence-corrected chi connectivity index (χ4v) is 5.55. The van der Waals surface area contributed by atoms with E-state index in [0.29, 0.717) is 30.8 Å². The Labute approximate surface area is 197 Å². The van der Waals surface area contributed by atoms with Crippen LogP contribution in [0.15, 0.2) is 70.9 Å². The third kappa shape index (κ3) is 5.60. The minimum Gasteiger partial charge on any atom is -0.370 e. The van der Waals surface area contributed by atoms with Crippen molar-refractivity contribution in [1.29, 1.82) is 5.26 Å². The first-order valence-electron chi connectivity index (χ1n) is 10.6. The summed E-state index contributed by atoms with van der Waals surface area (Å²) in [5.41, 5.74) is 2.00. The number of nitrogens with one attached hydrogen (secondary N) is 1. The van der Waals surface area contributed by atoms with E-state index in [0.717, 1.165) is 23.5 Å². The molecule has 1 aromatic heterocycles. The highest BCUT2D eigenvalue weighted by molar-refractivity contribution is 7.89. The highest BCUT2D eigenvalue weighted by atomic mass is 32.2. The van der Waals surface area contributed by atoms with Crippen LogP contribution in [-0.4, -0.2) is 45.4 Å². The van der Waals surface area contributed by atoms with Crippen molar-refractivity contribution in [2.45, 2.75) is 17.9 Å². The van der Waals surface area contributed by atoms with Crippen molar-refractivity contribution in [2.75, 3.05) is 31.1 Å². The fraction of sp³-hybridized carbons (Fsp3) is 0.250. The van der Waals surface area contributed by atoms with Crippen LogP contribution in [0, 0.1) is 11.3 Å². The number of hydrogen-bond acceptors (Lipinski definition) is 6. The quantitative estimate of drug-likeness (QED) is 0.583. The fourth-order valence-electron chi connectivity index (χ4n) is 3.77. The molecule has 0 aliphatic carbocycles. The topological polar surface area (TPSA) is 93.5 Å². The van der Waals surface area contributed by atoms with Gasteiger partial charge in [0.25, 0.3) is 5.91 Å². The van der Waals surface area contributed by atoms with Crippen LogP contribution < -0.4 is 9.62 Å². The lowest BCUT2D eigenvalue weighted by atomic mass is 10.2. The number of amides is 1. The van der Waals surface area contributed by atoms with Crippen molar-refractivity contribution in [3.05, 3.63) is 82.0 Å². The van der Waals surface area contributed by atoms with E-state index in [4.69, 9.17) is 5.26 Å². The molecule has 1 aliphatic heterocycles. The maximum Gasteiger partial charge on any atom is 0.253 e. The number of sulfonamides is 1. The molecule has 1 saturated heterocycles. The number of rotatable bonds is 6. The summed E-state index contributed by atoms with van der Waals surface area (Å²) in [7, 11) is -3.73. The number of carbonyl (C=O) groups excluding carboxylic acids is 1. The molecule has 4 rings (SSSR count). The van der Waals surface area contributed by atoms with Crippen LogP contribution >= 0.6 is 11.3 Å². The second-order valence-corrected chi connectivity index (χ2v) is 10.5. The van der Waals surface area contributed by atoms with Gasteiger partial charge in [0.2, 0.25) is 10.0 Å². The lowest BCUT2D eigenvalue weighted by Gasteiger charge is -2.24. The van der Waals surface area contributed by atoms with Crippen LogP contribution in [0.1, 0.15) is 27.2 Å². The molecule has 2 aromatic carbocycles. The third-order valence-corrected chi connectivity index (χ3v) is 7.83. The smallest absolute Gasteiger partial charge is 0.253 e. The standard InChI is InChI=1S/C24H24N4O3S2/c25-17-19-7-9-21(10-8-19)27-11-3-12-28(14-13-27)24(29)20-4-1-6-23(16-20)33(30,31)26-18-22-5-2-15-32-22/h1-2,4-10,15-16,26H,3,11-14,18H2. The van der Waals surface area contributed by atoms with Gasteiger partial charge in [-0.2, -0.15) is 5.26 Å². The highest BCUT2D eigenvalue weighted by Gasteiger charge is 2.22. The number of nitrogens with zero attached hydrogens (tertiary/aromatic N) is 3. The third-order valence-electron chi connectivity index (χ3n) is 5.55. The van der Waals surface area contributed by atoms with Crippen molar-refractivity contribution < 1.29 is 13.2 Å². The molecule has 1 N–H and O–H groups in total. The molecule has 0 spiro atoms. The van der Waals surface area contributed by atoms with Gasteiger partial charge in [-0.05, 0) is 60.3 Å². The maximum absolute atomic E-state index is 13.2. The van der Waals surface area contributed by atoms with Crippen LogP contribution in [-0.2, 0) is 16.6 Å². The molecular weight excluding hydrogens is 456 g/mol. The lowest BCUT2D eigenvalue weighted by Crippen LogP contribution is -2.35. The largest absolute Gasteiger partial charge is 0.370 e. The zero-order valence-electron chi connectivity index (χ0n) is 18.0. The maximum atomic E-state index is 13.2. The Bertz CT molecular complexity index is 1250. The van der Waals surface area contributed by atoms with E-state index in [-0.39, 0.29) is 17.3 Å². The van der Waals surface area contributed by atoms with E-state index in [9.17, 15) is 13.2 Å². The number of carbonyl (C=O) groups is 1. The van der Waals surface area contributed by atoms with Gasteiger partial charge in [-0.15, -0.1) is 11.3 Å². The van der Waals surface area contributed by atoms with Gasteiger partial charge < -0.3 is 9.80 Å². The summed E-state index contributed by atoms with van der Waals surface area (Å²) in [4.78, 5) is 18.1. The zero-order valence-corrected chi connectivity index (χ0v) is 19.6. The average molecular weight is 481 g/mol. The molecule has 33 heavy (non-hydrogen) atoms. The first-order valence-corrected chi connectivity index (χ1v) is 13.0. The Morgan fingerprint density at radius 2 is 1.85 bits per heavy atom. The van der Waals surface area contributed by atoms with Gasteiger partial charge in [0, 0.05) is 48.9 Å². The SMILES string of the molecule is N#Cc1ccc(N2CCCN(C(=O)c3cccc(S(=O)(=O)NCc4cccs4)c3)CC2)cc1. The molecule has 0 unspecified atom stereocenters. The summed E-state index contributed by atoms with van der Waals surface area (Å²) >= 11 is 1.48. The Balaban J connectivity index is 1.43. The Hall–Kier alpha value is -3.19. The van der Waals surface area contributed by atoms with Crippen LogP contribution in [0.2, 0.25) is 0 Å². The summed E-state index contributed by atoms with van der Waals surface area (Å²) in [6, 6.07) is 19.5. The van der Waals surface area contributed by atoms with E-state index in [2.05, 4.69) is 15.7 Å². The van der Waals surface area contributed by atoms with Gasteiger partial charge in [0.05, 0.1) is 16.5 Å². The van der Waals surface area contributed by atoms with Crippen molar-refractivity contribution in [1.82, 2.24) is 9.62 Å². The molecule has 170 valence electrons. The molecule has 0 radical (unpaired) electrons. The van der Waals surface area contributed by atoms with Crippen LogP contribution in [0.3, 0.4) is 0 Å². The van der Waals surface area contributed by atoms with Gasteiger partial charge in [-0.3, -0.25) is 4.79 Å². The second kappa shape index (κ2) is 10.2. The molecule has 7 nitrogen and oxygen atoms in total. The summed E-state index contributed by atoms with van der Waals surface area (Å²) in [5, 5.41) is 10.9. The normalized spacial score (nSPS) is 14.5. The van der Waals surface area contributed by atoms with Crippen molar-refractivity contribution in [2.24, 2.45) is 0 Å². The Kier molecular flexibility index (Phi) is 7.08. The van der Waals surface area contributed by atoms with Gasteiger partial charge in [-0.1, -0.05) is 12.1 Å². The first-order chi connectivity index (χ1) is 16.0. The zero-order chi connectivity index (χ0) is 23.3. The number of hydrogen-bond donors (Lipinski definition) is 1. The summed E-state index contributed by atoms with van der Waals surface area (Å²) in [6.45, 7) is 2.82. The number of thiophene rings is 1. The van der Waals surface area contributed by atoms with Crippen LogP contribution in [0.4, 0.5) is 5.69 Å². The predicted octanol–water partition coefficient (Wildman–Crippen LogP) is 3.45. The van der Waals surface area contributed by atoms with Crippen molar-refractivity contribution in [3.8, 4) is 6.07 Å². The number of nitriles is 1. The molecule has 2 heterocycles. The summed E-state index contributed by atoms with van der Waals surface area (Å²) in [5.74, 6) is -0.174. The van der Waals surface area contributed by atoms with Crippen LogP contribution in [0.5, 0.6) is 0 Å². The van der Waals surface area contributed by atoms with Gasteiger partial charge in [-0.25, -0.2) is 13.1 Å². The molecule has 3 aromatic rings. The molecule has 1 amide bonds. The molecule has 9 heteroatoms. The van der Waals surface area contributed by atoms with Crippen molar-refractivity contribution in [3.63, 3.8) is 0 Å². The summed E-state index contributed by atoms with van der Waals surface area (Å²) in [6.07, 6.45) is 0.798. The van der Waals surface area contributed by atoms with E-state index < -0.39 is 10.0 Å².